The topological polar surface area (TPSA) is 60.2 Å². The quantitative estimate of drug-likeness (QED) is 0.868. The zero-order valence-corrected chi connectivity index (χ0v) is 13.6. The molecule has 1 aliphatic rings. The number of likely N-dealkylation sites (tertiary alicyclic amines) is 1. The fourth-order valence-electron chi connectivity index (χ4n) is 2.90. The summed E-state index contributed by atoms with van der Waals surface area (Å²) in [7, 11) is 0. The molecule has 0 unspecified atom stereocenters. The van der Waals surface area contributed by atoms with Crippen LogP contribution >= 0.6 is 0 Å². The summed E-state index contributed by atoms with van der Waals surface area (Å²) in [5.74, 6) is -0.0610. The molecule has 1 aromatic heterocycles. The highest BCUT2D eigenvalue weighted by Crippen LogP contribution is 2.17. The predicted molar refractivity (Wildman–Crippen MR) is 86.6 cm³/mol. The molecule has 1 fully saturated rings. The number of amides is 1. The minimum Gasteiger partial charge on any atom is -0.377 e. The number of aromatic nitrogens is 3. The first-order valence-electron chi connectivity index (χ1n) is 8.09. The highest BCUT2D eigenvalue weighted by atomic mass is 16.5. The Kier molecular flexibility index (Phi) is 4.71. The van der Waals surface area contributed by atoms with Gasteiger partial charge in [0.1, 0.15) is 0 Å². The SMILES string of the molecule is CCO[C@@H]1CCCN(C(=O)c2nn(-c3ccccc3)nc2C)C1. The van der Waals surface area contributed by atoms with Crippen LogP contribution in [0.4, 0.5) is 0 Å². The van der Waals surface area contributed by atoms with Crippen molar-refractivity contribution in [3.63, 3.8) is 0 Å². The zero-order chi connectivity index (χ0) is 16.2. The number of benzene rings is 1. The number of aryl methyl sites for hydroxylation is 1. The van der Waals surface area contributed by atoms with Crippen LogP contribution in [-0.2, 0) is 4.74 Å². The van der Waals surface area contributed by atoms with Gasteiger partial charge in [-0.1, -0.05) is 18.2 Å². The summed E-state index contributed by atoms with van der Waals surface area (Å²) < 4.78 is 5.67. The zero-order valence-electron chi connectivity index (χ0n) is 13.6. The Balaban J connectivity index is 1.79. The second kappa shape index (κ2) is 6.91. The van der Waals surface area contributed by atoms with E-state index < -0.39 is 0 Å². The molecule has 1 saturated heterocycles. The molecule has 1 amide bonds. The number of hydrogen-bond donors (Lipinski definition) is 0. The number of piperidine rings is 1. The van der Waals surface area contributed by atoms with Crippen LogP contribution < -0.4 is 0 Å². The van der Waals surface area contributed by atoms with E-state index in [1.807, 2.05) is 49.1 Å². The van der Waals surface area contributed by atoms with Crippen LogP contribution in [0.3, 0.4) is 0 Å². The van der Waals surface area contributed by atoms with E-state index in [4.69, 9.17) is 4.74 Å². The fourth-order valence-corrected chi connectivity index (χ4v) is 2.90. The van der Waals surface area contributed by atoms with Crippen LogP contribution in [0.2, 0.25) is 0 Å². The Morgan fingerprint density at radius 2 is 2.09 bits per heavy atom. The van der Waals surface area contributed by atoms with Gasteiger partial charge in [0, 0.05) is 19.7 Å². The molecule has 0 aliphatic carbocycles. The summed E-state index contributed by atoms with van der Waals surface area (Å²) in [4.78, 5) is 16.1. The van der Waals surface area contributed by atoms with Gasteiger partial charge in [-0.15, -0.1) is 5.10 Å². The minimum absolute atomic E-state index is 0.0610. The largest absolute Gasteiger partial charge is 0.377 e. The third kappa shape index (κ3) is 3.42. The fraction of sp³-hybridized carbons (Fsp3) is 0.471. The monoisotopic (exact) mass is 314 g/mol. The van der Waals surface area contributed by atoms with Gasteiger partial charge in [-0.3, -0.25) is 4.79 Å². The predicted octanol–water partition coefficient (Wildman–Crippen LogP) is 2.22. The van der Waals surface area contributed by atoms with Crippen LogP contribution in [0, 0.1) is 6.92 Å². The molecule has 0 N–H and O–H groups in total. The number of ether oxygens (including phenoxy) is 1. The van der Waals surface area contributed by atoms with Crippen LogP contribution in [0.1, 0.15) is 35.9 Å². The number of carbonyl (C=O) groups is 1. The van der Waals surface area contributed by atoms with Crippen molar-refractivity contribution in [3.05, 3.63) is 41.7 Å². The Hall–Kier alpha value is -2.21. The van der Waals surface area contributed by atoms with E-state index >= 15 is 0 Å². The van der Waals surface area contributed by atoms with Crippen molar-refractivity contribution in [2.24, 2.45) is 0 Å². The molecule has 0 saturated carbocycles. The summed E-state index contributed by atoms with van der Waals surface area (Å²) in [6.07, 6.45) is 2.09. The first kappa shape index (κ1) is 15.7. The maximum Gasteiger partial charge on any atom is 0.276 e. The normalized spacial score (nSPS) is 18.2. The molecular formula is C17H22N4O2. The second-order valence-corrected chi connectivity index (χ2v) is 5.73. The van der Waals surface area contributed by atoms with Gasteiger partial charge in [-0.25, -0.2) is 0 Å². The molecule has 6 nitrogen and oxygen atoms in total. The van der Waals surface area contributed by atoms with Crippen molar-refractivity contribution in [2.45, 2.75) is 32.8 Å². The summed E-state index contributed by atoms with van der Waals surface area (Å²) >= 11 is 0. The molecule has 1 aromatic carbocycles. The van der Waals surface area contributed by atoms with Crippen molar-refractivity contribution in [2.75, 3.05) is 19.7 Å². The van der Waals surface area contributed by atoms with E-state index in [0.717, 1.165) is 25.1 Å². The molecule has 6 heteroatoms. The molecule has 122 valence electrons. The minimum atomic E-state index is -0.0610. The van der Waals surface area contributed by atoms with Crippen molar-refractivity contribution in [1.29, 1.82) is 0 Å². The summed E-state index contributed by atoms with van der Waals surface area (Å²) in [5, 5.41) is 8.78. The van der Waals surface area contributed by atoms with E-state index in [-0.39, 0.29) is 12.0 Å². The van der Waals surface area contributed by atoms with Crippen LogP contribution in [-0.4, -0.2) is 51.6 Å². The molecule has 2 aromatic rings. The maximum atomic E-state index is 12.8. The third-order valence-electron chi connectivity index (χ3n) is 4.04. The van der Waals surface area contributed by atoms with Crippen LogP contribution in [0.15, 0.2) is 30.3 Å². The van der Waals surface area contributed by atoms with Crippen LogP contribution in [0.25, 0.3) is 5.69 Å². The van der Waals surface area contributed by atoms with E-state index in [1.165, 1.54) is 4.80 Å². The lowest BCUT2D eigenvalue weighted by Crippen LogP contribution is -2.43. The lowest BCUT2D eigenvalue weighted by molar-refractivity contribution is 0.00699. The van der Waals surface area contributed by atoms with Gasteiger partial charge in [0.25, 0.3) is 5.91 Å². The third-order valence-corrected chi connectivity index (χ3v) is 4.04. The highest BCUT2D eigenvalue weighted by Gasteiger charge is 2.28. The van der Waals surface area contributed by atoms with E-state index in [2.05, 4.69) is 10.2 Å². The molecular weight excluding hydrogens is 292 g/mol. The lowest BCUT2D eigenvalue weighted by Gasteiger charge is -2.32. The Labute approximate surface area is 136 Å². The van der Waals surface area contributed by atoms with Crippen molar-refractivity contribution in [1.82, 2.24) is 19.9 Å². The molecule has 0 bridgehead atoms. The second-order valence-electron chi connectivity index (χ2n) is 5.73. The Morgan fingerprint density at radius 3 is 2.83 bits per heavy atom. The first-order valence-corrected chi connectivity index (χ1v) is 8.09. The molecule has 1 aliphatic heterocycles. The molecule has 0 spiro atoms. The van der Waals surface area contributed by atoms with Gasteiger partial charge in [-0.2, -0.15) is 9.90 Å². The lowest BCUT2D eigenvalue weighted by atomic mass is 10.1. The van der Waals surface area contributed by atoms with Gasteiger partial charge in [0.05, 0.1) is 17.5 Å². The summed E-state index contributed by atoms with van der Waals surface area (Å²) in [6, 6.07) is 9.62. The van der Waals surface area contributed by atoms with Crippen molar-refractivity contribution >= 4 is 5.91 Å². The van der Waals surface area contributed by atoms with E-state index in [9.17, 15) is 4.79 Å². The smallest absolute Gasteiger partial charge is 0.276 e. The first-order chi connectivity index (χ1) is 11.2. The van der Waals surface area contributed by atoms with Gasteiger partial charge < -0.3 is 9.64 Å². The number of hydrogen-bond acceptors (Lipinski definition) is 4. The number of para-hydroxylation sites is 1. The van der Waals surface area contributed by atoms with Gasteiger partial charge in [0.2, 0.25) is 0 Å². The average Bonchev–Trinajstić information content (AvgIpc) is 2.97. The van der Waals surface area contributed by atoms with Gasteiger partial charge in [0.15, 0.2) is 5.69 Å². The molecule has 1 atom stereocenters. The Bertz CT molecular complexity index is 666. The van der Waals surface area contributed by atoms with Gasteiger partial charge >= 0.3 is 0 Å². The number of rotatable bonds is 4. The maximum absolute atomic E-state index is 12.8. The van der Waals surface area contributed by atoms with Gasteiger partial charge in [-0.05, 0) is 38.8 Å². The molecule has 0 radical (unpaired) electrons. The molecule has 2 heterocycles. The average molecular weight is 314 g/mol. The van der Waals surface area contributed by atoms with E-state index in [0.29, 0.717) is 24.5 Å². The molecule has 3 rings (SSSR count). The number of carbonyl (C=O) groups excluding carboxylic acids is 1. The van der Waals surface area contributed by atoms with Crippen molar-refractivity contribution < 1.29 is 9.53 Å². The summed E-state index contributed by atoms with van der Waals surface area (Å²) in [5.41, 5.74) is 1.92. The van der Waals surface area contributed by atoms with Crippen LogP contribution in [0.5, 0.6) is 0 Å². The Morgan fingerprint density at radius 1 is 1.30 bits per heavy atom. The summed E-state index contributed by atoms with van der Waals surface area (Å²) in [6.45, 7) is 5.86. The standard InChI is InChI=1S/C17H22N4O2/c1-3-23-15-10-7-11-20(12-15)17(22)16-13(2)18-21(19-16)14-8-5-4-6-9-14/h4-6,8-9,15H,3,7,10-12H2,1-2H3/t15-/m1/s1. The number of nitrogens with zero attached hydrogens (tertiary/aromatic N) is 4. The van der Waals surface area contributed by atoms with Crippen molar-refractivity contribution in [3.8, 4) is 5.69 Å². The molecule has 23 heavy (non-hydrogen) atoms. The van der Waals surface area contributed by atoms with E-state index in [1.54, 1.807) is 0 Å². The highest BCUT2D eigenvalue weighted by molar-refractivity contribution is 5.93.